The van der Waals surface area contributed by atoms with Crippen molar-refractivity contribution < 1.29 is 18.2 Å². The van der Waals surface area contributed by atoms with Crippen LogP contribution in [0.25, 0.3) is 0 Å². The summed E-state index contributed by atoms with van der Waals surface area (Å²) in [5.41, 5.74) is 0. The van der Waals surface area contributed by atoms with Crippen LogP contribution >= 0.6 is 0 Å². The smallest absolute Gasteiger partial charge is 0.374 e. The molecule has 19 heavy (non-hydrogen) atoms. The molecule has 0 heterocycles. The third kappa shape index (κ3) is 7.00. The normalized spacial score (nSPS) is 13.5. The van der Waals surface area contributed by atoms with Crippen LogP contribution in [-0.4, -0.2) is 39.6 Å². The molecule has 0 aromatic carbocycles. The number of hydrogen-bond donors (Lipinski definition) is 0. The molecule has 0 fully saturated rings. The molecule has 0 radical (unpaired) electrons. The highest BCUT2D eigenvalue weighted by Crippen LogP contribution is 2.21. The summed E-state index contributed by atoms with van der Waals surface area (Å²) in [6.07, 6.45) is 1.80. The van der Waals surface area contributed by atoms with Gasteiger partial charge in [0.05, 0.1) is 0 Å². The second kappa shape index (κ2) is 10.3. The van der Waals surface area contributed by atoms with Crippen molar-refractivity contribution in [2.24, 2.45) is 0 Å². The van der Waals surface area contributed by atoms with Crippen LogP contribution < -0.4 is 0 Å². The number of hydrogen-bond acceptors (Lipinski definition) is 5. The van der Waals surface area contributed by atoms with Crippen molar-refractivity contribution in [3.05, 3.63) is 10.1 Å². The van der Waals surface area contributed by atoms with Gasteiger partial charge in [0.15, 0.2) is 0 Å². The summed E-state index contributed by atoms with van der Waals surface area (Å²) >= 11 is 0. The van der Waals surface area contributed by atoms with E-state index in [1.807, 2.05) is 27.7 Å². The Bertz CT molecular complexity index is 235. The second-order valence-electron chi connectivity index (χ2n) is 4.22. The molecule has 0 aliphatic heterocycles. The predicted octanol–water partition coefficient (Wildman–Crippen LogP) is 2.87. The SMILES string of the molecule is CCO[Si](CCCC(CC)[N+](=O)[O-])(OCC)OCC. The average molecular weight is 293 g/mol. The molecule has 0 spiro atoms. The lowest BCUT2D eigenvalue weighted by Crippen LogP contribution is -2.46. The zero-order valence-electron chi connectivity index (χ0n) is 12.5. The average Bonchev–Trinajstić information content (AvgIpc) is 2.35. The third-order valence-electron chi connectivity index (χ3n) is 2.88. The molecule has 6 nitrogen and oxygen atoms in total. The van der Waals surface area contributed by atoms with Crippen molar-refractivity contribution in [3.8, 4) is 0 Å². The molecule has 1 unspecified atom stereocenters. The van der Waals surface area contributed by atoms with E-state index < -0.39 is 14.8 Å². The summed E-state index contributed by atoms with van der Waals surface area (Å²) in [5, 5.41) is 10.8. The topological polar surface area (TPSA) is 70.8 Å². The molecule has 1 atom stereocenters. The lowest BCUT2D eigenvalue weighted by molar-refractivity contribution is -0.523. The summed E-state index contributed by atoms with van der Waals surface area (Å²) in [6, 6.07) is 0.170. The second-order valence-corrected chi connectivity index (χ2v) is 6.95. The maximum absolute atomic E-state index is 10.8. The van der Waals surface area contributed by atoms with Gasteiger partial charge in [-0.25, -0.2) is 0 Å². The fourth-order valence-corrected chi connectivity index (χ4v) is 4.65. The Kier molecular flexibility index (Phi) is 10.0. The van der Waals surface area contributed by atoms with Crippen LogP contribution in [0.15, 0.2) is 0 Å². The minimum absolute atomic E-state index is 0.203. The third-order valence-corrected chi connectivity index (χ3v) is 6.03. The Labute approximate surface area is 116 Å². The molecule has 114 valence electrons. The van der Waals surface area contributed by atoms with Crippen molar-refractivity contribution in [1.82, 2.24) is 0 Å². The molecule has 0 amide bonds. The van der Waals surface area contributed by atoms with Crippen molar-refractivity contribution in [1.29, 1.82) is 0 Å². The Morgan fingerprint density at radius 2 is 1.53 bits per heavy atom. The van der Waals surface area contributed by atoms with E-state index >= 15 is 0 Å². The van der Waals surface area contributed by atoms with E-state index in [1.165, 1.54) is 0 Å². The summed E-state index contributed by atoms with van der Waals surface area (Å²) < 4.78 is 17.1. The zero-order chi connectivity index (χ0) is 14.7. The molecule has 0 rings (SSSR count). The molecule has 0 saturated heterocycles. The van der Waals surface area contributed by atoms with Gasteiger partial charge in [-0.3, -0.25) is 10.1 Å². The lowest BCUT2D eigenvalue weighted by Gasteiger charge is -2.28. The van der Waals surface area contributed by atoms with Crippen molar-refractivity contribution in [3.63, 3.8) is 0 Å². The molecule has 0 bridgehead atoms. The van der Waals surface area contributed by atoms with Gasteiger partial charge < -0.3 is 13.3 Å². The van der Waals surface area contributed by atoms with Crippen molar-refractivity contribution in [2.75, 3.05) is 19.8 Å². The highest BCUT2D eigenvalue weighted by atomic mass is 28.4. The highest BCUT2D eigenvalue weighted by Gasteiger charge is 2.40. The predicted molar refractivity (Wildman–Crippen MR) is 75.7 cm³/mol. The maximum Gasteiger partial charge on any atom is 0.500 e. The van der Waals surface area contributed by atoms with Gasteiger partial charge in [-0.1, -0.05) is 6.92 Å². The fraction of sp³-hybridized carbons (Fsp3) is 1.00. The van der Waals surface area contributed by atoms with Crippen LogP contribution in [0.1, 0.15) is 47.0 Å². The first-order valence-corrected chi connectivity index (χ1v) is 9.03. The van der Waals surface area contributed by atoms with Gasteiger partial charge in [0, 0.05) is 43.6 Å². The van der Waals surface area contributed by atoms with Crippen molar-refractivity contribution in [2.45, 2.75) is 59.0 Å². The standard InChI is InChI=1S/C12H27NO5Si/c1-5-12(13(14)15)10-9-11-19(16-6-2,17-7-3)18-8-4/h12H,5-11H2,1-4H3. The first kappa shape index (κ1) is 18.5. The van der Waals surface area contributed by atoms with Crippen LogP contribution in [0.3, 0.4) is 0 Å². The fourth-order valence-electron chi connectivity index (χ4n) is 2.01. The van der Waals surface area contributed by atoms with Crippen LogP contribution in [0.5, 0.6) is 0 Å². The molecule has 0 aliphatic carbocycles. The first-order chi connectivity index (χ1) is 9.05. The van der Waals surface area contributed by atoms with Crippen LogP contribution in [0.2, 0.25) is 6.04 Å². The number of rotatable bonds is 12. The van der Waals surface area contributed by atoms with Gasteiger partial charge in [-0.15, -0.1) is 0 Å². The lowest BCUT2D eigenvalue weighted by atomic mass is 10.1. The monoisotopic (exact) mass is 293 g/mol. The number of nitrogens with zero attached hydrogens (tertiary/aromatic N) is 1. The number of nitro groups is 1. The molecule has 0 aliphatic rings. The molecule has 0 N–H and O–H groups in total. The molecular formula is C12H27NO5Si. The van der Waals surface area contributed by atoms with E-state index in [1.54, 1.807) is 0 Å². The van der Waals surface area contributed by atoms with E-state index in [9.17, 15) is 10.1 Å². The summed E-state index contributed by atoms with van der Waals surface area (Å²) in [7, 11) is -2.63. The minimum atomic E-state index is -2.63. The van der Waals surface area contributed by atoms with Gasteiger partial charge in [-0.05, 0) is 27.2 Å². The minimum Gasteiger partial charge on any atom is -0.374 e. The van der Waals surface area contributed by atoms with Crippen molar-refractivity contribution >= 4 is 8.80 Å². The van der Waals surface area contributed by atoms with E-state index in [4.69, 9.17) is 13.3 Å². The molecular weight excluding hydrogens is 266 g/mol. The maximum atomic E-state index is 10.8. The van der Waals surface area contributed by atoms with Gasteiger partial charge in [0.25, 0.3) is 0 Å². The first-order valence-electron chi connectivity index (χ1n) is 7.10. The Morgan fingerprint density at radius 3 is 1.84 bits per heavy atom. The zero-order valence-corrected chi connectivity index (χ0v) is 13.5. The Balaban J connectivity index is 4.41. The molecule has 0 aromatic heterocycles. The Hall–Kier alpha value is -0.503. The van der Waals surface area contributed by atoms with Gasteiger partial charge in [-0.2, -0.15) is 0 Å². The Morgan fingerprint density at radius 1 is 1.05 bits per heavy atom. The van der Waals surface area contributed by atoms with Gasteiger partial charge in [0.1, 0.15) is 0 Å². The van der Waals surface area contributed by atoms with E-state index in [0.29, 0.717) is 45.1 Å². The molecule has 7 heteroatoms. The largest absolute Gasteiger partial charge is 0.500 e. The van der Waals surface area contributed by atoms with Crippen LogP contribution in [0, 0.1) is 10.1 Å². The highest BCUT2D eigenvalue weighted by molar-refractivity contribution is 6.60. The van der Waals surface area contributed by atoms with E-state index in [-0.39, 0.29) is 4.92 Å². The van der Waals surface area contributed by atoms with Gasteiger partial charge in [0.2, 0.25) is 6.04 Å². The molecule has 0 saturated carbocycles. The summed E-state index contributed by atoms with van der Waals surface area (Å²) in [5.74, 6) is 0. The van der Waals surface area contributed by atoms with E-state index in [0.717, 1.165) is 0 Å². The summed E-state index contributed by atoms with van der Waals surface area (Å²) in [6.45, 7) is 9.19. The van der Waals surface area contributed by atoms with E-state index in [2.05, 4.69) is 0 Å². The van der Waals surface area contributed by atoms with Crippen LogP contribution in [0.4, 0.5) is 0 Å². The molecule has 0 aromatic rings. The quantitative estimate of drug-likeness (QED) is 0.314. The van der Waals surface area contributed by atoms with Gasteiger partial charge >= 0.3 is 8.80 Å². The van der Waals surface area contributed by atoms with Crippen LogP contribution in [-0.2, 0) is 13.3 Å². The summed E-state index contributed by atoms with van der Waals surface area (Å²) in [4.78, 5) is 10.6.